The van der Waals surface area contributed by atoms with Crippen molar-refractivity contribution in [1.82, 2.24) is 0 Å². The molecule has 0 bridgehead atoms. The van der Waals surface area contributed by atoms with Crippen LogP contribution in [0.5, 0.6) is 0 Å². The Labute approximate surface area is 112 Å². The number of rotatable bonds is 8. The molecule has 0 aliphatic carbocycles. The lowest BCUT2D eigenvalue weighted by atomic mass is 10.1. The number of hydrogen-bond donors (Lipinski definition) is 0. The molecular formula is C15H30O3. The van der Waals surface area contributed by atoms with Crippen LogP contribution in [0.2, 0.25) is 0 Å². The molecule has 3 nitrogen and oxygen atoms in total. The Balaban J connectivity index is 0. The molecule has 0 amide bonds. The van der Waals surface area contributed by atoms with Gasteiger partial charge in [-0.05, 0) is 40.0 Å². The van der Waals surface area contributed by atoms with Crippen molar-refractivity contribution in [1.29, 1.82) is 0 Å². The average molecular weight is 258 g/mol. The van der Waals surface area contributed by atoms with Crippen LogP contribution in [-0.4, -0.2) is 24.8 Å². The largest absolute Gasteiger partial charge is 0.379 e. The second-order valence-corrected chi connectivity index (χ2v) is 5.37. The van der Waals surface area contributed by atoms with Crippen LogP contribution in [0.1, 0.15) is 72.6 Å². The van der Waals surface area contributed by atoms with Crippen LogP contribution < -0.4 is 0 Å². The van der Waals surface area contributed by atoms with E-state index in [0.29, 0.717) is 25.0 Å². The zero-order chi connectivity index (χ0) is 14.4. The summed E-state index contributed by atoms with van der Waals surface area (Å²) in [6.45, 7) is 8.08. The van der Waals surface area contributed by atoms with Gasteiger partial charge >= 0.3 is 0 Å². The number of hydrogen-bond acceptors (Lipinski definition) is 3. The minimum atomic E-state index is 0.0417. The molecule has 0 saturated carbocycles. The van der Waals surface area contributed by atoms with Crippen LogP contribution in [0.3, 0.4) is 0 Å². The van der Waals surface area contributed by atoms with Crippen molar-refractivity contribution in [3.05, 3.63) is 0 Å². The van der Waals surface area contributed by atoms with Gasteiger partial charge in [0.25, 0.3) is 0 Å². The summed E-state index contributed by atoms with van der Waals surface area (Å²) in [4.78, 5) is 20.9. The second kappa shape index (κ2) is 12.7. The van der Waals surface area contributed by atoms with E-state index < -0.39 is 0 Å². The standard InChI is InChI=1S/C10H18O2.C5H12O/c1-2-7-10(12)8-5-3-4-6-9-11;1-5(2,3)6-4/h9H,2-8H2,1H3;1-4H3. The van der Waals surface area contributed by atoms with Crippen LogP contribution in [0.15, 0.2) is 0 Å². The van der Waals surface area contributed by atoms with Crippen molar-refractivity contribution in [2.45, 2.75) is 78.2 Å². The number of ketones is 1. The summed E-state index contributed by atoms with van der Waals surface area (Å²) in [6.07, 6.45) is 6.84. The summed E-state index contributed by atoms with van der Waals surface area (Å²) < 4.78 is 4.94. The molecule has 0 atom stereocenters. The molecule has 0 spiro atoms. The van der Waals surface area contributed by atoms with Crippen molar-refractivity contribution in [3.8, 4) is 0 Å². The minimum absolute atomic E-state index is 0.0417. The third-order valence-electron chi connectivity index (χ3n) is 2.42. The predicted octanol–water partition coefficient (Wildman–Crippen LogP) is 3.94. The Bertz CT molecular complexity index is 204. The van der Waals surface area contributed by atoms with Crippen molar-refractivity contribution in [2.24, 2.45) is 0 Å². The summed E-state index contributed by atoms with van der Waals surface area (Å²) in [7, 11) is 1.71. The lowest BCUT2D eigenvalue weighted by molar-refractivity contribution is -0.119. The quantitative estimate of drug-likeness (QED) is 0.489. The highest BCUT2D eigenvalue weighted by molar-refractivity contribution is 5.78. The first-order valence-corrected chi connectivity index (χ1v) is 6.87. The lowest BCUT2D eigenvalue weighted by Crippen LogP contribution is -2.15. The molecule has 0 aliphatic heterocycles. The fourth-order valence-electron chi connectivity index (χ4n) is 1.13. The van der Waals surface area contributed by atoms with Gasteiger partial charge in [0.05, 0.1) is 5.60 Å². The van der Waals surface area contributed by atoms with Crippen molar-refractivity contribution in [2.75, 3.05) is 7.11 Å². The first kappa shape index (κ1) is 19.6. The zero-order valence-corrected chi connectivity index (χ0v) is 12.8. The van der Waals surface area contributed by atoms with Gasteiger partial charge in [0.15, 0.2) is 0 Å². The van der Waals surface area contributed by atoms with Crippen molar-refractivity contribution >= 4 is 12.1 Å². The summed E-state index contributed by atoms with van der Waals surface area (Å²) in [5, 5.41) is 0. The molecule has 108 valence electrons. The summed E-state index contributed by atoms with van der Waals surface area (Å²) in [5.74, 6) is 0.364. The highest BCUT2D eigenvalue weighted by Gasteiger charge is 2.04. The SMILES string of the molecule is CCCC(=O)CCCCCC=O.COC(C)(C)C. The second-order valence-electron chi connectivity index (χ2n) is 5.37. The fourth-order valence-corrected chi connectivity index (χ4v) is 1.13. The Morgan fingerprint density at radius 1 is 1.11 bits per heavy atom. The molecule has 0 radical (unpaired) electrons. The van der Waals surface area contributed by atoms with E-state index >= 15 is 0 Å². The average Bonchev–Trinajstić information content (AvgIpc) is 2.29. The van der Waals surface area contributed by atoms with Gasteiger partial charge in [0.2, 0.25) is 0 Å². The first-order chi connectivity index (χ1) is 8.37. The van der Waals surface area contributed by atoms with Gasteiger partial charge in [-0.3, -0.25) is 4.79 Å². The molecule has 0 aliphatic rings. The number of unbranched alkanes of at least 4 members (excludes halogenated alkanes) is 3. The molecule has 0 heterocycles. The highest BCUT2D eigenvalue weighted by Crippen LogP contribution is 2.04. The third-order valence-corrected chi connectivity index (χ3v) is 2.42. The molecule has 0 fully saturated rings. The lowest BCUT2D eigenvalue weighted by Gasteiger charge is -2.14. The topological polar surface area (TPSA) is 43.4 Å². The van der Waals surface area contributed by atoms with Crippen LogP contribution >= 0.6 is 0 Å². The smallest absolute Gasteiger partial charge is 0.132 e. The molecule has 0 aromatic rings. The maximum absolute atomic E-state index is 11.0. The maximum Gasteiger partial charge on any atom is 0.132 e. The molecule has 0 aromatic carbocycles. The van der Waals surface area contributed by atoms with E-state index in [0.717, 1.165) is 32.0 Å². The van der Waals surface area contributed by atoms with E-state index in [9.17, 15) is 9.59 Å². The summed E-state index contributed by atoms with van der Waals surface area (Å²) in [6, 6.07) is 0. The van der Waals surface area contributed by atoms with Gasteiger partial charge in [-0.25, -0.2) is 0 Å². The van der Waals surface area contributed by atoms with Crippen molar-refractivity contribution < 1.29 is 14.3 Å². The minimum Gasteiger partial charge on any atom is -0.379 e. The number of ether oxygens (including phenoxy) is 1. The van der Waals surface area contributed by atoms with Crippen LogP contribution in [0.25, 0.3) is 0 Å². The van der Waals surface area contributed by atoms with E-state index in [1.807, 2.05) is 27.7 Å². The zero-order valence-electron chi connectivity index (χ0n) is 12.8. The van der Waals surface area contributed by atoms with E-state index in [2.05, 4.69) is 0 Å². The Morgan fingerprint density at radius 2 is 1.67 bits per heavy atom. The summed E-state index contributed by atoms with van der Waals surface area (Å²) in [5.41, 5.74) is 0.0417. The predicted molar refractivity (Wildman–Crippen MR) is 75.8 cm³/mol. The Hall–Kier alpha value is -0.700. The molecule has 0 N–H and O–H groups in total. The number of Topliss-reactive ketones (excluding diaryl/α,β-unsaturated/α-hetero) is 1. The first-order valence-electron chi connectivity index (χ1n) is 6.87. The van der Waals surface area contributed by atoms with Gasteiger partial charge in [0.1, 0.15) is 12.1 Å². The van der Waals surface area contributed by atoms with Crippen LogP contribution in [0.4, 0.5) is 0 Å². The number of aldehydes is 1. The summed E-state index contributed by atoms with van der Waals surface area (Å²) >= 11 is 0. The molecule has 18 heavy (non-hydrogen) atoms. The Kier molecular flexibility index (Phi) is 13.9. The number of methoxy groups -OCH3 is 1. The van der Waals surface area contributed by atoms with Gasteiger partial charge < -0.3 is 9.53 Å². The molecular weight excluding hydrogens is 228 g/mol. The van der Waals surface area contributed by atoms with Crippen molar-refractivity contribution in [3.63, 3.8) is 0 Å². The number of carbonyl (C=O) groups is 2. The maximum atomic E-state index is 11.0. The molecule has 0 aromatic heterocycles. The molecule has 0 unspecified atom stereocenters. The Morgan fingerprint density at radius 3 is 2.06 bits per heavy atom. The monoisotopic (exact) mass is 258 g/mol. The fraction of sp³-hybridized carbons (Fsp3) is 0.867. The van der Waals surface area contributed by atoms with Gasteiger partial charge in [-0.2, -0.15) is 0 Å². The third kappa shape index (κ3) is 20.7. The molecule has 0 saturated heterocycles. The van der Waals surface area contributed by atoms with Gasteiger partial charge in [0, 0.05) is 26.4 Å². The van der Waals surface area contributed by atoms with Crippen LogP contribution in [0, 0.1) is 0 Å². The molecule has 0 rings (SSSR count). The normalized spacial score (nSPS) is 10.5. The van der Waals surface area contributed by atoms with E-state index in [4.69, 9.17) is 4.74 Å². The number of carbonyl (C=O) groups excluding carboxylic acids is 2. The highest BCUT2D eigenvalue weighted by atomic mass is 16.5. The van der Waals surface area contributed by atoms with Crippen LogP contribution in [-0.2, 0) is 14.3 Å². The van der Waals surface area contributed by atoms with Gasteiger partial charge in [-0.1, -0.05) is 13.3 Å². The molecule has 3 heteroatoms. The van der Waals surface area contributed by atoms with Gasteiger partial charge in [-0.15, -0.1) is 0 Å². The van der Waals surface area contributed by atoms with E-state index in [1.54, 1.807) is 7.11 Å². The van der Waals surface area contributed by atoms with E-state index in [-0.39, 0.29) is 5.60 Å². The van der Waals surface area contributed by atoms with E-state index in [1.165, 1.54) is 0 Å².